The Morgan fingerprint density at radius 1 is 1.31 bits per heavy atom. The van der Waals surface area contributed by atoms with Gasteiger partial charge in [-0.15, -0.1) is 0 Å². The van der Waals surface area contributed by atoms with Crippen LogP contribution in [-0.4, -0.2) is 0 Å². The first kappa shape index (κ1) is 11.1. The van der Waals surface area contributed by atoms with E-state index in [1.807, 2.05) is 0 Å². The van der Waals surface area contributed by atoms with E-state index in [4.69, 9.17) is 21.9 Å². The van der Waals surface area contributed by atoms with E-state index in [0.717, 1.165) is 5.56 Å². The third-order valence-corrected chi connectivity index (χ3v) is 2.63. The van der Waals surface area contributed by atoms with Gasteiger partial charge < -0.3 is 4.42 Å². The Morgan fingerprint density at radius 2 is 2.12 bits per heavy atom. The van der Waals surface area contributed by atoms with E-state index in [0.29, 0.717) is 5.56 Å². The molecule has 1 aromatic carbocycles. The van der Waals surface area contributed by atoms with Crippen molar-refractivity contribution in [2.45, 2.75) is 6.04 Å². The molecule has 0 aliphatic heterocycles. The van der Waals surface area contributed by atoms with Gasteiger partial charge in [0.25, 0.3) is 0 Å². The molecule has 2 rings (SSSR count). The number of benzene rings is 1. The van der Waals surface area contributed by atoms with E-state index in [2.05, 4.69) is 5.43 Å². The summed E-state index contributed by atoms with van der Waals surface area (Å²) in [5, 5.41) is 0.0896. The second-order valence-corrected chi connectivity index (χ2v) is 3.74. The number of halogens is 2. The molecule has 3 N–H and O–H groups in total. The highest BCUT2D eigenvalue weighted by Crippen LogP contribution is 2.24. The zero-order valence-electron chi connectivity index (χ0n) is 8.28. The number of furan rings is 1. The minimum Gasteiger partial charge on any atom is -0.472 e. The molecule has 1 heterocycles. The molecule has 0 bridgehead atoms. The molecule has 0 aliphatic rings. The van der Waals surface area contributed by atoms with Crippen LogP contribution in [0.15, 0.2) is 41.2 Å². The molecule has 16 heavy (non-hydrogen) atoms. The van der Waals surface area contributed by atoms with Crippen LogP contribution in [0.4, 0.5) is 4.39 Å². The van der Waals surface area contributed by atoms with E-state index >= 15 is 0 Å². The minimum absolute atomic E-state index is 0.0896. The summed E-state index contributed by atoms with van der Waals surface area (Å²) < 4.78 is 18.3. The van der Waals surface area contributed by atoms with Crippen LogP contribution in [-0.2, 0) is 0 Å². The zero-order chi connectivity index (χ0) is 11.5. The van der Waals surface area contributed by atoms with Crippen LogP contribution in [0, 0.1) is 5.82 Å². The standard InChI is InChI=1S/C11H10ClFN2O/c12-9-2-1-7(5-10(9)13)11(15-14)8-3-4-16-6-8/h1-6,11,15H,14H2. The fraction of sp³-hybridized carbons (Fsp3) is 0.0909. The highest BCUT2D eigenvalue weighted by Gasteiger charge is 2.14. The highest BCUT2D eigenvalue weighted by atomic mass is 35.5. The third kappa shape index (κ3) is 2.09. The van der Waals surface area contributed by atoms with Crippen molar-refractivity contribution in [1.82, 2.24) is 5.43 Å². The largest absolute Gasteiger partial charge is 0.472 e. The number of nitrogens with two attached hydrogens (primary N) is 1. The Bertz CT molecular complexity index is 473. The van der Waals surface area contributed by atoms with Crippen molar-refractivity contribution in [3.05, 3.63) is 58.8 Å². The van der Waals surface area contributed by atoms with E-state index < -0.39 is 5.82 Å². The van der Waals surface area contributed by atoms with Crippen molar-refractivity contribution < 1.29 is 8.81 Å². The molecule has 0 saturated heterocycles. The van der Waals surface area contributed by atoms with Crippen LogP contribution < -0.4 is 11.3 Å². The van der Waals surface area contributed by atoms with Crippen molar-refractivity contribution >= 4 is 11.6 Å². The Kier molecular flexibility index (Phi) is 3.24. The Morgan fingerprint density at radius 3 is 2.69 bits per heavy atom. The lowest BCUT2D eigenvalue weighted by Crippen LogP contribution is -2.28. The van der Waals surface area contributed by atoms with Crippen molar-refractivity contribution in [2.24, 2.45) is 5.84 Å². The molecule has 0 spiro atoms. The monoisotopic (exact) mass is 240 g/mol. The summed E-state index contributed by atoms with van der Waals surface area (Å²) in [6, 6.07) is 6.00. The summed E-state index contributed by atoms with van der Waals surface area (Å²) >= 11 is 5.61. The van der Waals surface area contributed by atoms with Crippen LogP contribution in [0.2, 0.25) is 5.02 Å². The fourth-order valence-corrected chi connectivity index (χ4v) is 1.63. The molecule has 0 saturated carbocycles. The number of rotatable bonds is 3. The Hall–Kier alpha value is -1.36. The van der Waals surface area contributed by atoms with Gasteiger partial charge in [0.15, 0.2) is 0 Å². The average Bonchev–Trinajstić information content (AvgIpc) is 2.78. The number of hydrogen-bond donors (Lipinski definition) is 2. The highest BCUT2D eigenvalue weighted by molar-refractivity contribution is 6.30. The molecular weight excluding hydrogens is 231 g/mol. The van der Waals surface area contributed by atoms with Gasteiger partial charge in [-0.1, -0.05) is 17.7 Å². The molecule has 1 aromatic heterocycles. The molecule has 0 radical (unpaired) electrons. The lowest BCUT2D eigenvalue weighted by molar-refractivity contribution is 0.552. The van der Waals surface area contributed by atoms with Crippen LogP contribution in [0.5, 0.6) is 0 Å². The molecule has 84 valence electrons. The summed E-state index contributed by atoms with van der Waals surface area (Å²) in [5.41, 5.74) is 4.11. The molecular formula is C11H10ClFN2O. The third-order valence-electron chi connectivity index (χ3n) is 2.32. The van der Waals surface area contributed by atoms with Gasteiger partial charge in [-0.2, -0.15) is 0 Å². The molecule has 5 heteroatoms. The topological polar surface area (TPSA) is 51.2 Å². The fourth-order valence-electron chi connectivity index (χ4n) is 1.52. The molecule has 0 fully saturated rings. The van der Waals surface area contributed by atoms with Crippen molar-refractivity contribution in [3.8, 4) is 0 Å². The first-order valence-corrected chi connectivity index (χ1v) is 5.03. The van der Waals surface area contributed by atoms with Crippen LogP contribution in [0.3, 0.4) is 0 Å². The zero-order valence-corrected chi connectivity index (χ0v) is 9.04. The van der Waals surface area contributed by atoms with E-state index in [9.17, 15) is 4.39 Å². The van der Waals surface area contributed by atoms with Crippen molar-refractivity contribution in [1.29, 1.82) is 0 Å². The predicted octanol–water partition coefficient (Wildman–Crippen LogP) is 2.62. The second-order valence-electron chi connectivity index (χ2n) is 3.33. The van der Waals surface area contributed by atoms with E-state index in [-0.39, 0.29) is 11.1 Å². The normalized spacial score (nSPS) is 12.7. The number of hydrazine groups is 1. The van der Waals surface area contributed by atoms with Gasteiger partial charge in [-0.25, -0.2) is 9.82 Å². The first-order chi connectivity index (χ1) is 7.72. The lowest BCUT2D eigenvalue weighted by Gasteiger charge is -2.14. The summed E-state index contributed by atoms with van der Waals surface area (Å²) in [4.78, 5) is 0. The van der Waals surface area contributed by atoms with Gasteiger partial charge >= 0.3 is 0 Å². The molecule has 0 amide bonds. The van der Waals surface area contributed by atoms with Crippen LogP contribution in [0.25, 0.3) is 0 Å². The summed E-state index contributed by atoms with van der Waals surface area (Å²) in [7, 11) is 0. The second kappa shape index (κ2) is 4.65. The van der Waals surface area contributed by atoms with Gasteiger partial charge in [0.1, 0.15) is 5.82 Å². The van der Waals surface area contributed by atoms with Gasteiger partial charge in [0.05, 0.1) is 23.6 Å². The Labute approximate surface area is 97.0 Å². The van der Waals surface area contributed by atoms with Crippen molar-refractivity contribution in [2.75, 3.05) is 0 Å². The van der Waals surface area contributed by atoms with Gasteiger partial charge in [-0.05, 0) is 23.8 Å². The Balaban J connectivity index is 2.37. The summed E-state index contributed by atoms with van der Waals surface area (Å²) in [6.45, 7) is 0. The maximum absolute atomic E-state index is 13.3. The van der Waals surface area contributed by atoms with E-state index in [1.54, 1.807) is 18.4 Å². The summed E-state index contributed by atoms with van der Waals surface area (Å²) in [6.07, 6.45) is 3.09. The van der Waals surface area contributed by atoms with Crippen LogP contribution in [0.1, 0.15) is 17.2 Å². The maximum atomic E-state index is 13.3. The smallest absolute Gasteiger partial charge is 0.142 e. The predicted molar refractivity (Wildman–Crippen MR) is 59.3 cm³/mol. The number of hydrogen-bond acceptors (Lipinski definition) is 3. The van der Waals surface area contributed by atoms with Crippen LogP contribution >= 0.6 is 11.6 Å². The first-order valence-electron chi connectivity index (χ1n) is 4.65. The van der Waals surface area contributed by atoms with Gasteiger partial charge in [0, 0.05) is 5.56 Å². The quantitative estimate of drug-likeness (QED) is 0.641. The average molecular weight is 241 g/mol. The molecule has 1 atom stereocenters. The lowest BCUT2D eigenvalue weighted by atomic mass is 10.0. The number of nitrogens with one attached hydrogen (secondary N) is 1. The molecule has 0 aliphatic carbocycles. The summed E-state index contributed by atoms with van der Waals surface area (Å²) in [5.74, 6) is 4.97. The van der Waals surface area contributed by atoms with Gasteiger partial charge in [0.2, 0.25) is 0 Å². The molecule has 1 unspecified atom stereocenters. The van der Waals surface area contributed by atoms with Gasteiger partial charge in [-0.3, -0.25) is 5.84 Å². The maximum Gasteiger partial charge on any atom is 0.142 e. The van der Waals surface area contributed by atoms with E-state index in [1.165, 1.54) is 18.4 Å². The minimum atomic E-state index is -0.470. The SMILES string of the molecule is NNC(c1ccoc1)c1ccc(Cl)c(F)c1. The molecule has 3 nitrogen and oxygen atoms in total. The van der Waals surface area contributed by atoms with Crippen molar-refractivity contribution in [3.63, 3.8) is 0 Å². The molecule has 2 aromatic rings.